The number of carbonyl (C=O) groups is 1. The van der Waals surface area contributed by atoms with E-state index in [1.165, 1.54) is 0 Å². The summed E-state index contributed by atoms with van der Waals surface area (Å²) in [7, 11) is 0. The van der Waals surface area contributed by atoms with E-state index in [0.29, 0.717) is 38.6 Å². The van der Waals surface area contributed by atoms with Crippen LogP contribution in [0.2, 0.25) is 0 Å². The molecule has 1 rings (SSSR count). The van der Waals surface area contributed by atoms with Crippen molar-refractivity contribution >= 4 is 5.97 Å². The first kappa shape index (κ1) is 15.4. The predicted octanol–water partition coefficient (Wildman–Crippen LogP) is 0.743. The third-order valence-corrected chi connectivity index (χ3v) is 3.90. The molecule has 0 spiro atoms. The molecule has 0 heterocycles. The minimum Gasteiger partial charge on any atom is -0.481 e. The van der Waals surface area contributed by atoms with E-state index >= 15 is 0 Å². The molecule has 5 heteroatoms. The maximum absolute atomic E-state index is 10.8. The van der Waals surface area contributed by atoms with E-state index in [0.717, 1.165) is 0 Å². The number of rotatable bonds is 6. The first-order valence-electron chi connectivity index (χ1n) is 6.59. The Balaban J connectivity index is 2.41. The van der Waals surface area contributed by atoms with Crippen molar-refractivity contribution in [2.45, 2.75) is 57.1 Å². The number of β-amino-alcohol motifs (C(OH)–C–C–N with tert-alkyl or cyclic N) is 1. The van der Waals surface area contributed by atoms with Crippen molar-refractivity contribution in [3.63, 3.8) is 0 Å². The van der Waals surface area contributed by atoms with Gasteiger partial charge in [0.2, 0.25) is 0 Å². The molecule has 0 aromatic heterocycles. The van der Waals surface area contributed by atoms with Gasteiger partial charge in [0.1, 0.15) is 0 Å². The number of carboxylic acids is 1. The number of hydrogen-bond donors (Lipinski definition) is 4. The zero-order chi connectivity index (χ0) is 13.8. The van der Waals surface area contributed by atoms with Gasteiger partial charge in [-0.25, -0.2) is 0 Å². The van der Waals surface area contributed by atoms with E-state index in [1.807, 2.05) is 13.8 Å². The van der Waals surface area contributed by atoms with Crippen LogP contribution < -0.4 is 5.32 Å². The van der Waals surface area contributed by atoms with Gasteiger partial charge in [0.25, 0.3) is 0 Å². The van der Waals surface area contributed by atoms with Crippen LogP contribution in [-0.4, -0.2) is 45.6 Å². The third kappa shape index (κ3) is 4.55. The highest BCUT2D eigenvalue weighted by Gasteiger charge is 2.36. The molecular weight excluding hydrogens is 234 g/mol. The fraction of sp³-hybridized carbons (Fsp3) is 0.923. The standard InChI is InChI=1S/C13H25NO4/c1-12(2,7-8-15)14-9-13(18)5-3-10(4-6-13)11(16)17/h10,14-15,18H,3-9H2,1-2H3,(H,16,17). The summed E-state index contributed by atoms with van der Waals surface area (Å²) in [5.74, 6) is -1.07. The van der Waals surface area contributed by atoms with Crippen LogP contribution in [0.3, 0.4) is 0 Å². The average Bonchev–Trinajstić information content (AvgIpc) is 2.27. The van der Waals surface area contributed by atoms with Gasteiger partial charge in [-0.1, -0.05) is 0 Å². The summed E-state index contributed by atoms with van der Waals surface area (Å²) < 4.78 is 0. The Morgan fingerprint density at radius 3 is 2.39 bits per heavy atom. The Hall–Kier alpha value is -0.650. The smallest absolute Gasteiger partial charge is 0.306 e. The minimum absolute atomic E-state index is 0.111. The van der Waals surface area contributed by atoms with Crippen molar-refractivity contribution < 1.29 is 20.1 Å². The molecule has 5 nitrogen and oxygen atoms in total. The van der Waals surface area contributed by atoms with Crippen LogP contribution in [-0.2, 0) is 4.79 Å². The Morgan fingerprint density at radius 1 is 1.39 bits per heavy atom. The highest BCUT2D eigenvalue weighted by molar-refractivity contribution is 5.70. The zero-order valence-corrected chi connectivity index (χ0v) is 11.3. The monoisotopic (exact) mass is 259 g/mol. The van der Waals surface area contributed by atoms with Crippen LogP contribution in [0, 0.1) is 5.92 Å². The molecule has 1 aliphatic rings. The number of aliphatic carboxylic acids is 1. The molecular formula is C13H25NO4. The SMILES string of the molecule is CC(C)(CCO)NCC1(O)CCC(C(=O)O)CC1. The average molecular weight is 259 g/mol. The molecule has 1 saturated carbocycles. The lowest BCUT2D eigenvalue weighted by Gasteiger charge is -2.38. The van der Waals surface area contributed by atoms with Crippen LogP contribution in [0.5, 0.6) is 0 Å². The normalized spacial score (nSPS) is 29.2. The Kier molecular flexibility index (Phi) is 5.13. The van der Waals surface area contributed by atoms with Gasteiger partial charge in [-0.15, -0.1) is 0 Å². The summed E-state index contributed by atoms with van der Waals surface area (Å²) in [6.07, 6.45) is 2.74. The lowest BCUT2D eigenvalue weighted by molar-refractivity contribution is -0.144. The molecule has 0 aromatic carbocycles. The first-order chi connectivity index (χ1) is 8.28. The van der Waals surface area contributed by atoms with Crippen molar-refractivity contribution in [3.8, 4) is 0 Å². The van der Waals surface area contributed by atoms with E-state index in [2.05, 4.69) is 5.32 Å². The lowest BCUT2D eigenvalue weighted by atomic mass is 9.78. The summed E-state index contributed by atoms with van der Waals surface area (Å²) >= 11 is 0. The van der Waals surface area contributed by atoms with Gasteiger partial charge >= 0.3 is 5.97 Å². The van der Waals surface area contributed by atoms with E-state index < -0.39 is 11.6 Å². The van der Waals surface area contributed by atoms with E-state index in [4.69, 9.17) is 10.2 Å². The summed E-state index contributed by atoms with van der Waals surface area (Å²) in [5, 5.41) is 31.5. The molecule has 0 radical (unpaired) electrons. The van der Waals surface area contributed by atoms with Crippen molar-refractivity contribution in [1.29, 1.82) is 0 Å². The number of carboxylic acid groups (broad SMARTS) is 1. The molecule has 1 aliphatic carbocycles. The van der Waals surface area contributed by atoms with Crippen LogP contribution >= 0.6 is 0 Å². The van der Waals surface area contributed by atoms with Crippen LogP contribution in [0.1, 0.15) is 46.0 Å². The van der Waals surface area contributed by atoms with Gasteiger partial charge < -0.3 is 20.6 Å². The Morgan fingerprint density at radius 2 is 1.94 bits per heavy atom. The summed E-state index contributed by atoms with van der Waals surface area (Å²) in [4.78, 5) is 10.8. The molecule has 0 unspecified atom stereocenters. The molecule has 0 aliphatic heterocycles. The second kappa shape index (κ2) is 5.99. The molecule has 106 valence electrons. The highest BCUT2D eigenvalue weighted by Crippen LogP contribution is 2.32. The molecule has 0 bridgehead atoms. The topological polar surface area (TPSA) is 89.8 Å². The first-order valence-corrected chi connectivity index (χ1v) is 6.59. The molecule has 18 heavy (non-hydrogen) atoms. The van der Waals surface area contributed by atoms with E-state index in [9.17, 15) is 9.90 Å². The second-order valence-electron chi connectivity index (χ2n) is 6.05. The number of aliphatic hydroxyl groups excluding tert-OH is 1. The molecule has 4 N–H and O–H groups in total. The second-order valence-corrected chi connectivity index (χ2v) is 6.05. The molecule has 0 aromatic rings. The van der Waals surface area contributed by atoms with Gasteiger partial charge in [0.05, 0.1) is 11.5 Å². The Bertz CT molecular complexity index is 283. The van der Waals surface area contributed by atoms with Gasteiger partial charge in [-0.2, -0.15) is 0 Å². The zero-order valence-electron chi connectivity index (χ0n) is 11.3. The lowest BCUT2D eigenvalue weighted by Crippen LogP contribution is -2.51. The number of aliphatic hydroxyl groups is 2. The third-order valence-electron chi connectivity index (χ3n) is 3.90. The Labute approximate surface area is 108 Å². The largest absolute Gasteiger partial charge is 0.481 e. The van der Waals surface area contributed by atoms with E-state index in [1.54, 1.807) is 0 Å². The van der Waals surface area contributed by atoms with Gasteiger partial charge in [-0.05, 0) is 46.0 Å². The molecule has 0 atom stereocenters. The van der Waals surface area contributed by atoms with Crippen molar-refractivity contribution in [2.24, 2.45) is 5.92 Å². The van der Waals surface area contributed by atoms with Crippen LogP contribution in [0.15, 0.2) is 0 Å². The van der Waals surface area contributed by atoms with E-state index in [-0.39, 0.29) is 18.1 Å². The van der Waals surface area contributed by atoms with Gasteiger partial charge in [0, 0.05) is 18.7 Å². The highest BCUT2D eigenvalue weighted by atomic mass is 16.4. The number of hydrogen-bond acceptors (Lipinski definition) is 4. The molecule has 0 amide bonds. The maximum Gasteiger partial charge on any atom is 0.306 e. The quantitative estimate of drug-likeness (QED) is 0.565. The summed E-state index contributed by atoms with van der Waals surface area (Å²) in [6, 6.07) is 0. The summed E-state index contributed by atoms with van der Waals surface area (Å²) in [5.41, 5.74) is -1.02. The number of nitrogens with one attached hydrogen (secondary N) is 1. The van der Waals surface area contributed by atoms with Crippen LogP contribution in [0.25, 0.3) is 0 Å². The summed E-state index contributed by atoms with van der Waals surface area (Å²) in [6.45, 7) is 4.52. The molecule has 0 saturated heterocycles. The van der Waals surface area contributed by atoms with Crippen molar-refractivity contribution in [1.82, 2.24) is 5.32 Å². The maximum atomic E-state index is 10.8. The van der Waals surface area contributed by atoms with Gasteiger partial charge in [0.15, 0.2) is 0 Å². The van der Waals surface area contributed by atoms with Crippen LogP contribution in [0.4, 0.5) is 0 Å². The predicted molar refractivity (Wildman–Crippen MR) is 68.3 cm³/mol. The van der Waals surface area contributed by atoms with Crippen molar-refractivity contribution in [3.05, 3.63) is 0 Å². The minimum atomic E-state index is -0.807. The fourth-order valence-electron chi connectivity index (χ4n) is 2.35. The molecule has 1 fully saturated rings. The fourth-order valence-corrected chi connectivity index (χ4v) is 2.35. The van der Waals surface area contributed by atoms with Crippen molar-refractivity contribution in [2.75, 3.05) is 13.2 Å². The van der Waals surface area contributed by atoms with Gasteiger partial charge in [-0.3, -0.25) is 4.79 Å².